The van der Waals surface area contributed by atoms with E-state index in [9.17, 15) is 9.59 Å². The highest BCUT2D eigenvalue weighted by molar-refractivity contribution is 8.00. The minimum atomic E-state index is -0.822. The van der Waals surface area contributed by atoms with Crippen molar-refractivity contribution < 1.29 is 23.6 Å². The smallest absolute Gasteiger partial charge is 0.324 e. The number of aldehydes is 1. The van der Waals surface area contributed by atoms with Gasteiger partial charge in [0.25, 0.3) is 0 Å². The Hall–Kier alpha value is -4.00. The maximum Gasteiger partial charge on any atom is 0.324 e. The highest BCUT2D eigenvalue weighted by atomic mass is 32.2. The van der Waals surface area contributed by atoms with Crippen molar-refractivity contribution in [2.45, 2.75) is 29.7 Å². The zero-order chi connectivity index (χ0) is 29.3. The van der Waals surface area contributed by atoms with Gasteiger partial charge in [-0.3, -0.25) is 10.2 Å². The summed E-state index contributed by atoms with van der Waals surface area (Å²) < 4.78 is 16.7. The van der Waals surface area contributed by atoms with Crippen LogP contribution in [0, 0.1) is 0 Å². The van der Waals surface area contributed by atoms with Gasteiger partial charge in [-0.1, -0.05) is 29.1 Å². The van der Waals surface area contributed by atoms with E-state index in [1.54, 1.807) is 31.7 Å². The Labute approximate surface area is 248 Å². The molecule has 2 amide bonds. The quantitative estimate of drug-likeness (QED) is 0.342. The number of aromatic nitrogens is 1. The number of hydrogen-bond acceptors (Lipinski definition) is 10. The van der Waals surface area contributed by atoms with Gasteiger partial charge in [0.2, 0.25) is 0 Å². The zero-order valence-electron chi connectivity index (χ0n) is 23.8. The number of morpholine rings is 1. The van der Waals surface area contributed by atoms with Gasteiger partial charge in [0.15, 0.2) is 17.1 Å². The number of urea groups is 1. The number of anilines is 3. The number of carbonyl (C=O) groups excluding carboxylic acids is 2. The maximum absolute atomic E-state index is 12.5. The first-order valence-corrected chi connectivity index (χ1v) is 14.8. The van der Waals surface area contributed by atoms with Crippen LogP contribution in [0.3, 0.4) is 0 Å². The topological polar surface area (TPSA) is 112 Å². The van der Waals surface area contributed by atoms with Crippen LogP contribution in [0.2, 0.25) is 0 Å². The van der Waals surface area contributed by atoms with Crippen LogP contribution in [-0.2, 0) is 14.9 Å². The molecule has 12 heteroatoms. The van der Waals surface area contributed by atoms with Crippen molar-refractivity contribution >= 4 is 47.0 Å². The fourth-order valence-electron chi connectivity index (χ4n) is 5.02. The number of nitrogens with one attached hydrogen (secondary N) is 2. The van der Waals surface area contributed by atoms with Gasteiger partial charge in [-0.05, 0) is 49.7 Å². The molecule has 4 heterocycles. The Balaban J connectivity index is 1.05. The molecule has 0 radical (unpaired) electrons. The normalized spacial score (nSPS) is 18.4. The van der Waals surface area contributed by atoms with Crippen LogP contribution < -0.4 is 20.3 Å². The van der Waals surface area contributed by atoms with Gasteiger partial charge in [-0.2, -0.15) is 0 Å². The Morgan fingerprint density at radius 1 is 1.14 bits per heavy atom. The average Bonchev–Trinajstić information content (AvgIpc) is 3.69. The third-order valence-electron chi connectivity index (χ3n) is 7.55. The van der Waals surface area contributed by atoms with Crippen LogP contribution in [0.5, 0.6) is 5.75 Å². The van der Waals surface area contributed by atoms with Crippen LogP contribution in [0.4, 0.5) is 22.0 Å². The number of carbonyl (C=O) groups is 2. The summed E-state index contributed by atoms with van der Waals surface area (Å²) in [6, 6.07) is 15.1. The molecule has 0 aliphatic carbocycles. The first kappa shape index (κ1) is 28.1. The maximum atomic E-state index is 12.5. The third kappa shape index (κ3) is 5.83. The number of nitrogens with zero attached hydrogens (tertiary/aromatic N) is 4. The second-order valence-electron chi connectivity index (χ2n) is 11.0. The second kappa shape index (κ2) is 11.7. The van der Waals surface area contributed by atoms with Crippen LogP contribution in [0.15, 0.2) is 64.1 Å². The molecule has 3 aliphatic heterocycles. The summed E-state index contributed by atoms with van der Waals surface area (Å²) in [5.41, 5.74) is 3.23. The predicted molar refractivity (Wildman–Crippen MR) is 162 cm³/mol. The van der Waals surface area contributed by atoms with Gasteiger partial charge in [-0.25, -0.2) is 4.79 Å². The van der Waals surface area contributed by atoms with Crippen molar-refractivity contribution in [1.82, 2.24) is 15.0 Å². The van der Waals surface area contributed by atoms with E-state index in [2.05, 4.69) is 55.9 Å². The molecule has 1 fully saturated rings. The minimum Gasteiger partial charge on any atom is -0.492 e. The summed E-state index contributed by atoms with van der Waals surface area (Å²) in [7, 11) is 2.09. The number of benzene rings is 2. The third-order valence-corrected chi connectivity index (χ3v) is 8.89. The van der Waals surface area contributed by atoms with Gasteiger partial charge < -0.3 is 33.9 Å². The Bertz CT molecular complexity index is 1480. The van der Waals surface area contributed by atoms with Gasteiger partial charge in [-0.15, -0.1) is 0 Å². The van der Waals surface area contributed by atoms with Gasteiger partial charge >= 0.3 is 6.03 Å². The highest BCUT2D eigenvalue weighted by Gasteiger charge is 2.38. The summed E-state index contributed by atoms with van der Waals surface area (Å²) in [5, 5.41) is 9.27. The molecular formula is C30H34N6O5S. The van der Waals surface area contributed by atoms with E-state index in [0.717, 1.165) is 61.8 Å². The van der Waals surface area contributed by atoms with Gasteiger partial charge in [0.1, 0.15) is 18.6 Å². The average molecular weight is 591 g/mol. The lowest BCUT2D eigenvalue weighted by Crippen LogP contribution is -2.38. The first-order chi connectivity index (χ1) is 20.3. The summed E-state index contributed by atoms with van der Waals surface area (Å²) in [6.07, 6.45) is 2.94. The van der Waals surface area contributed by atoms with Crippen molar-refractivity contribution in [1.29, 1.82) is 0 Å². The van der Waals surface area contributed by atoms with E-state index in [1.807, 2.05) is 30.3 Å². The Morgan fingerprint density at radius 3 is 2.69 bits per heavy atom. The van der Waals surface area contributed by atoms with E-state index in [4.69, 9.17) is 14.0 Å². The minimum absolute atomic E-state index is 0.124. The van der Waals surface area contributed by atoms with Crippen LogP contribution in [0.1, 0.15) is 25.2 Å². The molecule has 0 bridgehead atoms. The lowest BCUT2D eigenvalue weighted by molar-refractivity contribution is -0.112. The molecule has 0 saturated carbocycles. The highest BCUT2D eigenvalue weighted by Crippen LogP contribution is 2.50. The molecule has 3 aromatic rings. The zero-order valence-corrected chi connectivity index (χ0v) is 24.6. The SMILES string of the molecule is CN1C(c2ccc(NC(=O)Nc3cc(C(C)(C)C=O)on3)cc2)=CN2c3ccc(OCCN4CCOCC4)cc3SC12. The monoisotopic (exact) mass is 590 g/mol. The lowest BCUT2D eigenvalue weighted by atomic mass is 9.93. The fraction of sp³-hybridized carbons (Fsp3) is 0.367. The standard InChI is InChI=1S/C30H34N6O5S/c1-30(2,19-37)26-17-27(33-41-26)32-28(38)31-21-6-4-20(5-7-21)24-18-36-23-9-8-22(16-25(23)42-29(36)34(24)3)40-15-12-35-10-13-39-14-11-35/h4-9,16-19,29H,10-15H2,1-3H3,(H2,31,32,33,38). The fourth-order valence-corrected chi connectivity index (χ4v) is 6.28. The number of amides is 2. The largest absolute Gasteiger partial charge is 0.492 e. The van der Waals surface area contributed by atoms with E-state index >= 15 is 0 Å². The van der Waals surface area contributed by atoms with E-state index < -0.39 is 11.4 Å². The molecule has 1 unspecified atom stereocenters. The van der Waals surface area contributed by atoms with E-state index in [1.165, 1.54) is 4.90 Å². The van der Waals surface area contributed by atoms with Gasteiger partial charge in [0, 0.05) is 49.5 Å². The molecule has 2 aromatic carbocycles. The van der Waals surface area contributed by atoms with Crippen molar-refractivity contribution in [3.8, 4) is 5.75 Å². The first-order valence-electron chi connectivity index (χ1n) is 13.9. The number of ether oxygens (including phenoxy) is 2. The van der Waals surface area contributed by atoms with Crippen molar-refractivity contribution in [3.05, 3.63) is 66.1 Å². The molecule has 1 saturated heterocycles. The molecule has 3 aliphatic rings. The van der Waals surface area contributed by atoms with Crippen LogP contribution >= 0.6 is 11.8 Å². The van der Waals surface area contributed by atoms with Crippen molar-refractivity contribution in [2.24, 2.45) is 0 Å². The van der Waals surface area contributed by atoms with Crippen molar-refractivity contribution in [3.63, 3.8) is 0 Å². The number of rotatable bonds is 9. The molecule has 1 atom stereocenters. The second-order valence-corrected chi connectivity index (χ2v) is 12.1. The Kier molecular flexibility index (Phi) is 7.84. The van der Waals surface area contributed by atoms with E-state index in [-0.39, 0.29) is 11.3 Å². The van der Waals surface area contributed by atoms with Gasteiger partial charge in [0.05, 0.1) is 30.0 Å². The summed E-state index contributed by atoms with van der Waals surface area (Å²) in [5.74, 6) is 1.50. The number of thioether (sulfide) groups is 1. The lowest BCUT2D eigenvalue weighted by Gasteiger charge is -2.26. The summed E-state index contributed by atoms with van der Waals surface area (Å²) in [6.45, 7) is 8.50. The molecule has 6 rings (SSSR count). The molecule has 2 N–H and O–H groups in total. The van der Waals surface area contributed by atoms with E-state index in [0.29, 0.717) is 18.1 Å². The molecule has 1 aromatic heterocycles. The molecule has 0 spiro atoms. The summed E-state index contributed by atoms with van der Waals surface area (Å²) in [4.78, 5) is 31.8. The molecule has 220 valence electrons. The predicted octanol–water partition coefficient (Wildman–Crippen LogP) is 4.65. The number of hydrogen-bond donors (Lipinski definition) is 2. The Morgan fingerprint density at radius 2 is 1.93 bits per heavy atom. The van der Waals surface area contributed by atoms with Crippen molar-refractivity contribution in [2.75, 3.05) is 62.0 Å². The molecular weight excluding hydrogens is 556 g/mol. The van der Waals surface area contributed by atoms with Crippen LogP contribution in [0.25, 0.3) is 5.70 Å². The van der Waals surface area contributed by atoms with Crippen LogP contribution in [-0.4, -0.2) is 79.3 Å². The summed E-state index contributed by atoms with van der Waals surface area (Å²) >= 11 is 1.80. The molecule has 11 nitrogen and oxygen atoms in total. The molecule has 42 heavy (non-hydrogen) atoms. The number of fused-ring (bicyclic) bond motifs is 3.